The Kier molecular flexibility index (Phi) is 2.73. The number of hydrogen-bond donors (Lipinski definition) is 1. The van der Waals surface area contributed by atoms with Crippen LogP contribution in [0.1, 0.15) is 11.1 Å². The number of halogens is 2. The van der Waals surface area contributed by atoms with Crippen LogP contribution in [0, 0.1) is 0 Å². The average Bonchev–Trinajstić information content (AvgIpc) is 2.48. The van der Waals surface area contributed by atoms with Crippen molar-refractivity contribution < 1.29 is 0 Å². The van der Waals surface area contributed by atoms with Gasteiger partial charge in [-0.25, -0.2) is 0 Å². The number of anilines is 2. The van der Waals surface area contributed by atoms with E-state index in [2.05, 4.69) is 5.32 Å². The summed E-state index contributed by atoms with van der Waals surface area (Å²) >= 11 is 12.0. The molecule has 0 unspecified atom stereocenters. The highest BCUT2D eigenvalue weighted by atomic mass is 35.5. The molecule has 0 saturated heterocycles. The molecule has 1 aliphatic heterocycles. The lowest BCUT2D eigenvalue weighted by Gasteiger charge is -2.09. The normalized spacial score (nSPS) is 13.3. The second kappa shape index (κ2) is 4.25. The number of nitrogens with one attached hydrogen (secondary N) is 1. The lowest BCUT2D eigenvalue weighted by atomic mass is 10.0. The number of benzene rings is 2. The summed E-state index contributed by atoms with van der Waals surface area (Å²) < 4.78 is 0. The van der Waals surface area contributed by atoms with Crippen LogP contribution in [0.25, 0.3) is 0 Å². The fraction of sp³-hybridized carbons (Fsp3) is 0.143. The van der Waals surface area contributed by atoms with Gasteiger partial charge in [0.05, 0.1) is 0 Å². The highest BCUT2D eigenvalue weighted by molar-refractivity contribution is 6.31. The van der Waals surface area contributed by atoms with Gasteiger partial charge in [0.2, 0.25) is 0 Å². The highest BCUT2D eigenvalue weighted by Crippen LogP contribution is 2.32. The zero-order chi connectivity index (χ0) is 11.8. The molecule has 0 fully saturated rings. The first kappa shape index (κ1) is 10.9. The van der Waals surface area contributed by atoms with Crippen molar-refractivity contribution in [1.82, 2.24) is 0 Å². The molecule has 0 aromatic heterocycles. The van der Waals surface area contributed by atoms with Crippen LogP contribution in [-0.4, -0.2) is 0 Å². The van der Waals surface area contributed by atoms with Crippen molar-refractivity contribution in [3.05, 3.63) is 57.6 Å². The molecule has 17 heavy (non-hydrogen) atoms. The molecule has 1 N–H and O–H groups in total. The van der Waals surface area contributed by atoms with E-state index >= 15 is 0 Å². The second-order valence-electron chi connectivity index (χ2n) is 4.23. The van der Waals surface area contributed by atoms with E-state index in [1.807, 2.05) is 36.4 Å². The first-order chi connectivity index (χ1) is 8.22. The van der Waals surface area contributed by atoms with Crippen LogP contribution in [0.3, 0.4) is 0 Å². The summed E-state index contributed by atoms with van der Waals surface area (Å²) in [6, 6.07) is 11.9. The maximum absolute atomic E-state index is 6.02. The van der Waals surface area contributed by atoms with Crippen LogP contribution in [-0.2, 0) is 12.8 Å². The van der Waals surface area contributed by atoms with E-state index in [0.717, 1.165) is 34.3 Å². The minimum Gasteiger partial charge on any atom is -0.355 e. The fourth-order valence-electron chi connectivity index (χ4n) is 2.20. The second-order valence-corrected chi connectivity index (χ2v) is 5.10. The maximum Gasteiger partial charge on any atom is 0.0418 e. The molecule has 0 amide bonds. The average molecular weight is 264 g/mol. The lowest BCUT2D eigenvalue weighted by Crippen LogP contribution is -1.92. The lowest BCUT2D eigenvalue weighted by molar-refractivity contribution is 0.978. The summed E-state index contributed by atoms with van der Waals surface area (Å²) in [5.74, 6) is 0. The van der Waals surface area contributed by atoms with Gasteiger partial charge in [0.15, 0.2) is 0 Å². The molecule has 0 bridgehead atoms. The van der Waals surface area contributed by atoms with Crippen LogP contribution in [0.2, 0.25) is 10.0 Å². The molecule has 2 aromatic rings. The molecule has 3 heteroatoms. The van der Waals surface area contributed by atoms with Gasteiger partial charge in [0.1, 0.15) is 0 Å². The van der Waals surface area contributed by atoms with E-state index in [-0.39, 0.29) is 0 Å². The van der Waals surface area contributed by atoms with Crippen molar-refractivity contribution in [1.29, 1.82) is 0 Å². The van der Waals surface area contributed by atoms with Gasteiger partial charge in [-0.1, -0.05) is 23.2 Å². The van der Waals surface area contributed by atoms with Crippen molar-refractivity contribution in [3.8, 4) is 0 Å². The number of fused-ring (bicyclic) bond motifs is 2. The summed E-state index contributed by atoms with van der Waals surface area (Å²) in [6.07, 6.45) is 1.96. The van der Waals surface area contributed by atoms with E-state index in [9.17, 15) is 0 Å². The summed E-state index contributed by atoms with van der Waals surface area (Å²) in [4.78, 5) is 0. The third-order valence-electron chi connectivity index (χ3n) is 3.07. The molecule has 86 valence electrons. The Hall–Kier alpha value is -1.18. The molecule has 2 aromatic carbocycles. The quantitative estimate of drug-likeness (QED) is 0.718. The van der Waals surface area contributed by atoms with Crippen LogP contribution < -0.4 is 5.32 Å². The Morgan fingerprint density at radius 3 is 1.71 bits per heavy atom. The minimum atomic E-state index is 0.787. The van der Waals surface area contributed by atoms with Gasteiger partial charge in [-0.05, 0) is 60.4 Å². The molecule has 1 aliphatic rings. The first-order valence-corrected chi connectivity index (χ1v) is 6.32. The van der Waals surface area contributed by atoms with Crippen molar-refractivity contribution in [2.45, 2.75) is 12.8 Å². The summed E-state index contributed by atoms with van der Waals surface area (Å²) in [5, 5.41) is 5.01. The van der Waals surface area contributed by atoms with Crippen LogP contribution in [0.15, 0.2) is 36.4 Å². The Balaban J connectivity index is 2.07. The van der Waals surface area contributed by atoms with Gasteiger partial charge in [-0.15, -0.1) is 0 Å². The monoisotopic (exact) mass is 263 g/mol. The van der Waals surface area contributed by atoms with E-state index < -0.39 is 0 Å². The third-order valence-corrected chi connectivity index (χ3v) is 3.54. The Morgan fingerprint density at radius 2 is 1.24 bits per heavy atom. The number of rotatable bonds is 0. The zero-order valence-corrected chi connectivity index (χ0v) is 10.6. The molecule has 3 rings (SSSR count). The van der Waals surface area contributed by atoms with E-state index in [0.29, 0.717) is 0 Å². The van der Waals surface area contributed by atoms with E-state index in [4.69, 9.17) is 23.2 Å². The summed E-state index contributed by atoms with van der Waals surface area (Å²) in [5.41, 5.74) is 4.78. The molecule has 0 spiro atoms. The topological polar surface area (TPSA) is 12.0 Å². The first-order valence-electron chi connectivity index (χ1n) is 5.56. The Morgan fingerprint density at radius 1 is 0.765 bits per heavy atom. The van der Waals surface area contributed by atoms with Crippen LogP contribution >= 0.6 is 23.2 Å². The zero-order valence-electron chi connectivity index (χ0n) is 9.13. The largest absolute Gasteiger partial charge is 0.355 e. The SMILES string of the molecule is Clc1ccc2c(c1)CCc1cc(Cl)ccc1N2. The van der Waals surface area contributed by atoms with Crippen molar-refractivity contribution in [3.63, 3.8) is 0 Å². The highest BCUT2D eigenvalue weighted by Gasteiger charge is 2.12. The van der Waals surface area contributed by atoms with E-state index in [1.165, 1.54) is 11.1 Å². The van der Waals surface area contributed by atoms with Gasteiger partial charge in [0.25, 0.3) is 0 Å². The molecule has 0 saturated carbocycles. The molecule has 1 heterocycles. The van der Waals surface area contributed by atoms with Crippen LogP contribution in [0.5, 0.6) is 0 Å². The number of aryl methyl sites for hydroxylation is 2. The summed E-state index contributed by atoms with van der Waals surface area (Å²) in [7, 11) is 0. The van der Waals surface area contributed by atoms with E-state index in [1.54, 1.807) is 0 Å². The molecule has 0 aliphatic carbocycles. The van der Waals surface area contributed by atoms with Crippen LogP contribution in [0.4, 0.5) is 11.4 Å². The van der Waals surface area contributed by atoms with Gasteiger partial charge in [0, 0.05) is 21.4 Å². The van der Waals surface area contributed by atoms with Gasteiger partial charge in [-0.3, -0.25) is 0 Å². The standard InChI is InChI=1S/C14H11Cl2N/c15-11-3-5-13-9(7-11)1-2-10-8-12(16)4-6-14(10)17-13/h3-8,17H,1-2H2. The predicted octanol–water partition coefficient (Wildman–Crippen LogP) is 4.84. The smallest absolute Gasteiger partial charge is 0.0418 e. The minimum absolute atomic E-state index is 0.787. The summed E-state index contributed by atoms with van der Waals surface area (Å²) in [6.45, 7) is 0. The fourth-order valence-corrected chi connectivity index (χ4v) is 2.59. The van der Waals surface area contributed by atoms with Crippen molar-refractivity contribution in [2.75, 3.05) is 5.32 Å². The van der Waals surface area contributed by atoms with Crippen molar-refractivity contribution in [2.24, 2.45) is 0 Å². The molecular weight excluding hydrogens is 253 g/mol. The van der Waals surface area contributed by atoms with Gasteiger partial charge >= 0.3 is 0 Å². The van der Waals surface area contributed by atoms with Gasteiger partial charge < -0.3 is 5.32 Å². The molecule has 0 radical (unpaired) electrons. The predicted molar refractivity (Wildman–Crippen MR) is 73.6 cm³/mol. The van der Waals surface area contributed by atoms with Crippen molar-refractivity contribution >= 4 is 34.6 Å². The molecule has 0 atom stereocenters. The third kappa shape index (κ3) is 2.13. The van der Waals surface area contributed by atoms with Gasteiger partial charge in [-0.2, -0.15) is 0 Å². The number of hydrogen-bond acceptors (Lipinski definition) is 1. The molecule has 1 nitrogen and oxygen atoms in total. The maximum atomic E-state index is 6.02. The molecular formula is C14H11Cl2N. The Bertz CT molecular complexity index is 527. The Labute approximate surface area is 110 Å².